The van der Waals surface area contributed by atoms with E-state index in [9.17, 15) is 13.2 Å². The third-order valence-electron chi connectivity index (χ3n) is 4.73. The molecule has 1 aromatic carbocycles. The molecule has 1 fully saturated rings. The number of nitrogens with zero attached hydrogens (tertiary/aromatic N) is 1. The number of carbonyl (C=O) groups excluding carboxylic acids is 1. The van der Waals surface area contributed by atoms with Gasteiger partial charge in [-0.3, -0.25) is 4.79 Å². The van der Waals surface area contributed by atoms with Crippen LogP contribution in [-0.4, -0.2) is 65.5 Å². The molecule has 1 amide bonds. The Balaban J connectivity index is 1.97. The zero-order valence-electron chi connectivity index (χ0n) is 16.3. The van der Waals surface area contributed by atoms with Gasteiger partial charge in [-0.1, -0.05) is 0 Å². The Bertz CT molecular complexity index is 734. The number of likely N-dealkylation sites (tertiary alicyclic amines) is 1. The van der Waals surface area contributed by atoms with Gasteiger partial charge in [0.2, 0.25) is 5.91 Å². The van der Waals surface area contributed by atoms with E-state index in [0.717, 1.165) is 12.8 Å². The molecular formula is C19H29NO6S. The summed E-state index contributed by atoms with van der Waals surface area (Å²) >= 11 is 0. The summed E-state index contributed by atoms with van der Waals surface area (Å²) in [4.78, 5) is 14.4. The van der Waals surface area contributed by atoms with Crippen LogP contribution in [0.3, 0.4) is 0 Å². The minimum atomic E-state index is -3.59. The molecule has 0 aromatic heterocycles. The maximum absolute atomic E-state index is 12.6. The minimum Gasteiger partial charge on any atom is -0.493 e. The van der Waals surface area contributed by atoms with E-state index in [1.165, 1.54) is 26.4 Å². The lowest BCUT2D eigenvalue weighted by Gasteiger charge is -2.32. The number of rotatable bonds is 9. The average molecular weight is 400 g/mol. The minimum absolute atomic E-state index is 0.0297. The number of sulfone groups is 1. The number of amides is 1. The summed E-state index contributed by atoms with van der Waals surface area (Å²) < 4.78 is 41.0. The van der Waals surface area contributed by atoms with E-state index in [-0.39, 0.29) is 23.0 Å². The van der Waals surface area contributed by atoms with Crippen LogP contribution in [0.5, 0.6) is 11.5 Å². The van der Waals surface area contributed by atoms with Gasteiger partial charge < -0.3 is 19.1 Å². The lowest BCUT2D eigenvalue weighted by Crippen LogP contribution is -2.41. The Hall–Kier alpha value is -1.80. The number of methoxy groups -OCH3 is 2. The fourth-order valence-corrected chi connectivity index (χ4v) is 4.46. The smallest absolute Gasteiger partial charge is 0.223 e. The van der Waals surface area contributed by atoms with Crippen LogP contribution in [0.1, 0.15) is 26.2 Å². The Morgan fingerprint density at radius 2 is 1.96 bits per heavy atom. The van der Waals surface area contributed by atoms with Crippen molar-refractivity contribution < 1.29 is 27.4 Å². The molecule has 27 heavy (non-hydrogen) atoms. The van der Waals surface area contributed by atoms with Crippen LogP contribution in [0, 0.1) is 5.92 Å². The number of hydrogen-bond acceptors (Lipinski definition) is 6. The predicted octanol–water partition coefficient (Wildman–Crippen LogP) is 2.14. The number of carbonyl (C=O) groups is 1. The highest BCUT2D eigenvalue weighted by Gasteiger charge is 2.25. The second kappa shape index (κ2) is 9.94. The van der Waals surface area contributed by atoms with Gasteiger partial charge in [0.05, 0.1) is 31.5 Å². The summed E-state index contributed by atoms with van der Waals surface area (Å²) in [5.74, 6) is 0.778. The molecule has 2 rings (SSSR count). The van der Waals surface area contributed by atoms with Crippen molar-refractivity contribution in [3.8, 4) is 11.5 Å². The van der Waals surface area contributed by atoms with Crippen molar-refractivity contribution in [3.63, 3.8) is 0 Å². The third kappa shape index (κ3) is 5.84. The van der Waals surface area contributed by atoms with E-state index < -0.39 is 9.84 Å². The summed E-state index contributed by atoms with van der Waals surface area (Å²) in [6.07, 6.45) is 1.93. The highest BCUT2D eigenvalue weighted by molar-refractivity contribution is 7.91. The first-order valence-corrected chi connectivity index (χ1v) is 10.9. The Morgan fingerprint density at radius 3 is 2.63 bits per heavy atom. The average Bonchev–Trinajstić information content (AvgIpc) is 2.70. The number of ether oxygens (including phenoxy) is 3. The SMILES string of the molecule is CCOCC1CCCN(C(=O)CCS(=O)(=O)c2ccc(OC)c(OC)c2)C1. The second-order valence-corrected chi connectivity index (χ2v) is 8.70. The van der Waals surface area contributed by atoms with E-state index in [0.29, 0.717) is 43.7 Å². The van der Waals surface area contributed by atoms with Gasteiger partial charge in [-0.05, 0) is 37.8 Å². The maximum Gasteiger partial charge on any atom is 0.223 e. The summed E-state index contributed by atoms with van der Waals surface area (Å²) in [7, 11) is -0.648. The molecule has 0 N–H and O–H groups in total. The van der Waals surface area contributed by atoms with Crippen molar-refractivity contribution in [2.45, 2.75) is 31.1 Å². The molecule has 1 aliphatic rings. The van der Waals surface area contributed by atoms with Crippen LogP contribution < -0.4 is 9.47 Å². The van der Waals surface area contributed by atoms with Crippen molar-refractivity contribution in [2.75, 3.05) is 46.3 Å². The molecule has 0 radical (unpaired) electrons. The summed E-state index contributed by atoms with van der Waals surface area (Å²) in [5.41, 5.74) is 0. The topological polar surface area (TPSA) is 82.1 Å². The quantitative estimate of drug-likeness (QED) is 0.633. The first kappa shape index (κ1) is 21.5. The largest absolute Gasteiger partial charge is 0.493 e. The van der Waals surface area contributed by atoms with E-state index in [2.05, 4.69) is 0 Å². The van der Waals surface area contributed by atoms with Gasteiger partial charge in [0.1, 0.15) is 0 Å². The molecule has 1 heterocycles. The van der Waals surface area contributed by atoms with Crippen LogP contribution in [0.4, 0.5) is 0 Å². The van der Waals surface area contributed by atoms with Gasteiger partial charge in [-0.25, -0.2) is 8.42 Å². The van der Waals surface area contributed by atoms with Gasteiger partial charge >= 0.3 is 0 Å². The third-order valence-corrected chi connectivity index (χ3v) is 6.44. The van der Waals surface area contributed by atoms with E-state index >= 15 is 0 Å². The molecule has 1 atom stereocenters. The lowest BCUT2D eigenvalue weighted by molar-refractivity contribution is -0.133. The highest BCUT2D eigenvalue weighted by atomic mass is 32.2. The number of benzene rings is 1. The van der Waals surface area contributed by atoms with Gasteiger partial charge in [0.25, 0.3) is 0 Å². The highest BCUT2D eigenvalue weighted by Crippen LogP contribution is 2.30. The Morgan fingerprint density at radius 1 is 1.22 bits per heavy atom. The van der Waals surface area contributed by atoms with Gasteiger partial charge in [-0.2, -0.15) is 0 Å². The monoisotopic (exact) mass is 399 g/mol. The zero-order chi connectivity index (χ0) is 19.9. The lowest BCUT2D eigenvalue weighted by atomic mass is 9.99. The number of hydrogen-bond donors (Lipinski definition) is 0. The summed E-state index contributed by atoms with van der Waals surface area (Å²) in [6, 6.07) is 4.45. The van der Waals surface area contributed by atoms with Crippen LogP contribution >= 0.6 is 0 Å². The molecule has 1 aromatic rings. The fourth-order valence-electron chi connectivity index (χ4n) is 3.22. The standard InChI is InChI=1S/C19H29NO6S/c1-4-26-14-15-6-5-10-20(13-15)19(21)9-11-27(22,23)16-7-8-17(24-2)18(12-16)25-3/h7-8,12,15H,4-6,9-11,13-14H2,1-3H3. The molecule has 0 saturated carbocycles. The molecule has 0 spiro atoms. The van der Waals surface area contributed by atoms with Crippen molar-refractivity contribution in [1.82, 2.24) is 4.90 Å². The first-order valence-electron chi connectivity index (χ1n) is 9.21. The van der Waals surface area contributed by atoms with Crippen LogP contribution in [0.25, 0.3) is 0 Å². The molecule has 8 heteroatoms. The first-order chi connectivity index (χ1) is 12.9. The normalized spacial score (nSPS) is 17.6. The van der Waals surface area contributed by atoms with Crippen molar-refractivity contribution >= 4 is 15.7 Å². The van der Waals surface area contributed by atoms with Crippen LogP contribution in [0.15, 0.2) is 23.1 Å². The Labute approximate surface area is 161 Å². The van der Waals surface area contributed by atoms with Crippen LogP contribution in [-0.2, 0) is 19.4 Å². The van der Waals surface area contributed by atoms with Gasteiger partial charge in [0.15, 0.2) is 21.3 Å². The molecular weight excluding hydrogens is 370 g/mol. The molecule has 152 valence electrons. The van der Waals surface area contributed by atoms with Crippen LogP contribution in [0.2, 0.25) is 0 Å². The maximum atomic E-state index is 12.6. The predicted molar refractivity (Wildman–Crippen MR) is 102 cm³/mol. The molecule has 0 bridgehead atoms. The van der Waals surface area contributed by atoms with E-state index in [4.69, 9.17) is 14.2 Å². The van der Waals surface area contributed by atoms with Crippen molar-refractivity contribution in [2.24, 2.45) is 5.92 Å². The molecule has 1 saturated heterocycles. The van der Waals surface area contributed by atoms with Gasteiger partial charge in [-0.15, -0.1) is 0 Å². The van der Waals surface area contributed by atoms with Gasteiger partial charge in [0, 0.05) is 32.2 Å². The number of piperidine rings is 1. The van der Waals surface area contributed by atoms with Crippen molar-refractivity contribution in [1.29, 1.82) is 0 Å². The Kier molecular flexibility index (Phi) is 7.91. The summed E-state index contributed by atoms with van der Waals surface area (Å²) in [6.45, 7) is 4.57. The summed E-state index contributed by atoms with van der Waals surface area (Å²) in [5, 5.41) is 0. The zero-order valence-corrected chi connectivity index (χ0v) is 17.1. The van der Waals surface area contributed by atoms with Crippen molar-refractivity contribution in [3.05, 3.63) is 18.2 Å². The molecule has 1 unspecified atom stereocenters. The van der Waals surface area contributed by atoms with E-state index in [1.807, 2.05) is 6.92 Å². The molecule has 7 nitrogen and oxygen atoms in total. The molecule has 0 aliphatic carbocycles. The molecule has 1 aliphatic heterocycles. The second-order valence-electron chi connectivity index (χ2n) is 6.59. The fraction of sp³-hybridized carbons (Fsp3) is 0.632. The van der Waals surface area contributed by atoms with E-state index in [1.54, 1.807) is 11.0 Å².